The summed E-state index contributed by atoms with van der Waals surface area (Å²) in [6.45, 7) is 5.08. The molecule has 1 aliphatic rings. The van der Waals surface area contributed by atoms with Gasteiger partial charge in [0.1, 0.15) is 0 Å². The minimum Gasteiger partial charge on any atom is -0.481 e. The molecule has 2 rings (SSSR count). The van der Waals surface area contributed by atoms with Crippen molar-refractivity contribution in [1.29, 1.82) is 0 Å². The fourth-order valence-corrected chi connectivity index (χ4v) is 2.99. The first-order valence-electron chi connectivity index (χ1n) is 7.51. The quantitative estimate of drug-likeness (QED) is 0.907. The van der Waals surface area contributed by atoms with Gasteiger partial charge in [0.15, 0.2) is 0 Å². The average molecular weight is 305 g/mol. The molecule has 1 amide bonds. The molecule has 1 heterocycles. The molecule has 1 unspecified atom stereocenters. The molecule has 0 saturated carbocycles. The predicted molar refractivity (Wildman–Crippen MR) is 82.6 cm³/mol. The van der Waals surface area contributed by atoms with Crippen molar-refractivity contribution in [2.24, 2.45) is 11.3 Å². The predicted octanol–water partition coefficient (Wildman–Crippen LogP) is 2.41. The summed E-state index contributed by atoms with van der Waals surface area (Å²) < 4.78 is 5.05. The number of carbonyl (C=O) groups is 2. The molecule has 5 nitrogen and oxygen atoms in total. The third-order valence-corrected chi connectivity index (χ3v) is 4.63. The minimum absolute atomic E-state index is 0.00752. The second-order valence-corrected chi connectivity index (χ2v) is 6.22. The molecule has 0 spiro atoms. The van der Waals surface area contributed by atoms with Crippen LogP contribution >= 0.6 is 0 Å². The highest BCUT2D eigenvalue weighted by atomic mass is 16.5. The van der Waals surface area contributed by atoms with Crippen molar-refractivity contribution >= 4 is 11.9 Å². The van der Waals surface area contributed by atoms with E-state index in [1.165, 1.54) is 0 Å². The average Bonchev–Trinajstić information content (AvgIpc) is 2.94. The van der Waals surface area contributed by atoms with Crippen LogP contribution in [0.5, 0.6) is 0 Å². The van der Waals surface area contributed by atoms with Crippen LogP contribution in [0.4, 0.5) is 0 Å². The van der Waals surface area contributed by atoms with Gasteiger partial charge in [0, 0.05) is 25.8 Å². The minimum atomic E-state index is -0.828. The maximum Gasteiger partial charge on any atom is 0.311 e. The summed E-state index contributed by atoms with van der Waals surface area (Å²) in [5.41, 5.74) is 0.762. The molecule has 1 aliphatic heterocycles. The van der Waals surface area contributed by atoms with Gasteiger partial charge >= 0.3 is 5.97 Å². The van der Waals surface area contributed by atoms with Gasteiger partial charge in [-0.1, -0.05) is 26.0 Å². The summed E-state index contributed by atoms with van der Waals surface area (Å²) in [5, 5.41) is 9.55. The van der Waals surface area contributed by atoms with E-state index >= 15 is 0 Å². The number of methoxy groups -OCH3 is 1. The first-order valence-corrected chi connectivity index (χ1v) is 7.51. The van der Waals surface area contributed by atoms with Gasteiger partial charge < -0.3 is 14.7 Å². The molecule has 1 aromatic carbocycles. The fourth-order valence-electron chi connectivity index (χ4n) is 2.99. The monoisotopic (exact) mass is 305 g/mol. The standard InChI is InChI=1S/C17H23NO4/c1-12(2)17(16(20)21)8-9-18(11-17)15(19)14-6-4-13(5-7-14)10-22-3/h4-7,12H,8-11H2,1-3H3,(H,20,21). The molecule has 1 saturated heterocycles. The molecule has 1 fully saturated rings. The van der Waals surface area contributed by atoms with Gasteiger partial charge in [0.25, 0.3) is 5.91 Å². The Labute approximate surface area is 130 Å². The molecule has 1 atom stereocenters. The largest absolute Gasteiger partial charge is 0.481 e. The first kappa shape index (κ1) is 16.5. The zero-order valence-corrected chi connectivity index (χ0v) is 13.3. The van der Waals surface area contributed by atoms with E-state index < -0.39 is 11.4 Å². The lowest BCUT2D eigenvalue weighted by atomic mass is 9.76. The fraction of sp³-hybridized carbons (Fsp3) is 0.529. The second kappa shape index (κ2) is 6.48. The number of amides is 1. The Kier molecular flexibility index (Phi) is 4.86. The van der Waals surface area contributed by atoms with Crippen LogP contribution in [0.1, 0.15) is 36.2 Å². The van der Waals surface area contributed by atoms with Crippen LogP contribution in [0.15, 0.2) is 24.3 Å². The van der Waals surface area contributed by atoms with E-state index in [-0.39, 0.29) is 18.4 Å². The van der Waals surface area contributed by atoms with Gasteiger partial charge in [-0.2, -0.15) is 0 Å². The number of carbonyl (C=O) groups excluding carboxylic acids is 1. The molecule has 0 aliphatic carbocycles. The van der Waals surface area contributed by atoms with Gasteiger partial charge in [-0.05, 0) is 30.0 Å². The number of aliphatic carboxylic acids is 1. The smallest absolute Gasteiger partial charge is 0.311 e. The van der Waals surface area contributed by atoms with Crippen molar-refractivity contribution in [2.75, 3.05) is 20.2 Å². The van der Waals surface area contributed by atoms with Gasteiger partial charge in [0.2, 0.25) is 0 Å². The summed E-state index contributed by atoms with van der Waals surface area (Å²) in [4.78, 5) is 25.8. The van der Waals surface area contributed by atoms with Crippen molar-refractivity contribution in [3.63, 3.8) is 0 Å². The van der Waals surface area contributed by atoms with Crippen molar-refractivity contribution in [3.8, 4) is 0 Å². The van der Waals surface area contributed by atoms with E-state index in [0.717, 1.165) is 5.56 Å². The third-order valence-electron chi connectivity index (χ3n) is 4.63. The third kappa shape index (κ3) is 2.99. The van der Waals surface area contributed by atoms with E-state index in [4.69, 9.17) is 4.74 Å². The van der Waals surface area contributed by atoms with Crippen LogP contribution in [0.2, 0.25) is 0 Å². The van der Waals surface area contributed by atoms with Crippen molar-refractivity contribution in [2.45, 2.75) is 26.9 Å². The van der Waals surface area contributed by atoms with Crippen LogP contribution in [0.25, 0.3) is 0 Å². The number of hydrogen-bond donors (Lipinski definition) is 1. The van der Waals surface area contributed by atoms with Crippen LogP contribution < -0.4 is 0 Å². The summed E-state index contributed by atoms with van der Waals surface area (Å²) in [6.07, 6.45) is 0.507. The summed E-state index contributed by atoms with van der Waals surface area (Å²) in [7, 11) is 1.63. The number of likely N-dealkylation sites (tertiary alicyclic amines) is 1. The van der Waals surface area contributed by atoms with Crippen molar-refractivity contribution in [3.05, 3.63) is 35.4 Å². The van der Waals surface area contributed by atoms with Gasteiger partial charge in [-0.25, -0.2) is 0 Å². The Bertz CT molecular complexity index is 552. The Morgan fingerprint density at radius 3 is 2.41 bits per heavy atom. The topological polar surface area (TPSA) is 66.8 Å². The molecule has 22 heavy (non-hydrogen) atoms. The molecular weight excluding hydrogens is 282 g/mol. The maximum absolute atomic E-state index is 12.6. The molecule has 1 N–H and O–H groups in total. The normalized spacial score (nSPS) is 21.4. The molecule has 5 heteroatoms. The highest BCUT2D eigenvalue weighted by molar-refractivity contribution is 5.95. The Morgan fingerprint density at radius 1 is 1.32 bits per heavy atom. The summed E-state index contributed by atoms with van der Waals surface area (Å²) >= 11 is 0. The molecule has 1 aromatic rings. The van der Waals surface area contributed by atoms with E-state index in [0.29, 0.717) is 25.1 Å². The zero-order chi connectivity index (χ0) is 16.3. The lowest BCUT2D eigenvalue weighted by molar-refractivity contribution is -0.150. The lowest BCUT2D eigenvalue weighted by Crippen LogP contribution is -2.40. The Morgan fingerprint density at radius 2 is 1.95 bits per heavy atom. The Balaban J connectivity index is 2.12. The highest BCUT2D eigenvalue weighted by Crippen LogP contribution is 2.38. The number of hydrogen-bond acceptors (Lipinski definition) is 3. The summed E-state index contributed by atoms with van der Waals surface area (Å²) in [6, 6.07) is 7.26. The number of rotatable bonds is 5. The SMILES string of the molecule is COCc1ccc(C(=O)N2CCC(C(=O)O)(C(C)C)C2)cc1. The number of carboxylic acid groups (broad SMARTS) is 1. The molecular formula is C17H23NO4. The van der Waals surface area contributed by atoms with Crippen LogP contribution in [0.3, 0.4) is 0 Å². The number of carboxylic acids is 1. The highest BCUT2D eigenvalue weighted by Gasteiger charge is 2.48. The van der Waals surface area contributed by atoms with Gasteiger partial charge in [0.05, 0.1) is 12.0 Å². The maximum atomic E-state index is 12.6. The summed E-state index contributed by atoms with van der Waals surface area (Å²) in [5.74, 6) is -0.923. The molecule has 0 bridgehead atoms. The zero-order valence-electron chi connectivity index (χ0n) is 13.3. The number of benzene rings is 1. The first-order chi connectivity index (χ1) is 10.4. The van der Waals surface area contributed by atoms with E-state index in [9.17, 15) is 14.7 Å². The van der Waals surface area contributed by atoms with Gasteiger partial charge in [-0.3, -0.25) is 9.59 Å². The molecule has 120 valence electrons. The molecule has 0 radical (unpaired) electrons. The van der Waals surface area contributed by atoms with E-state index in [2.05, 4.69) is 0 Å². The van der Waals surface area contributed by atoms with Crippen LogP contribution in [0, 0.1) is 11.3 Å². The number of ether oxygens (including phenoxy) is 1. The van der Waals surface area contributed by atoms with Crippen molar-refractivity contribution < 1.29 is 19.4 Å². The van der Waals surface area contributed by atoms with Crippen LogP contribution in [-0.2, 0) is 16.1 Å². The number of nitrogens with zero attached hydrogens (tertiary/aromatic N) is 1. The second-order valence-electron chi connectivity index (χ2n) is 6.22. The van der Waals surface area contributed by atoms with E-state index in [1.807, 2.05) is 26.0 Å². The van der Waals surface area contributed by atoms with Crippen molar-refractivity contribution in [1.82, 2.24) is 4.90 Å². The molecule has 0 aromatic heterocycles. The van der Waals surface area contributed by atoms with E-state index in [1.54, 1.807) is 24.1 Å². The lowest BCUT2D eigenvalue weighted by Gasteiger charge is -2.28. The Hall–Kier alpha value is -1.88. The van der Waals surface area contributed by atoms with Crippen LogP contribution in [-0.4, -0.2) is 42.1 Å². The van der Waals surface area contributed by atoms with Gasteiger partial charge in [-0.15, -0.1) is 0 Å².